The fourth-order valence-electron chi connectivity index (χ4n) is 2.63. The van der Waals surface area contributed by atoms with E-state index in [1.807, 2.05) is 19.1 Å². The average Bonchev–Trinajstić information content (AvgIpc) is 3.23. The van der Waals surface area contributed by atoms with Gasteiger partial charge in [-0.25, -0.2) is 4.99 Å². The number of hydrogen-bond acceptors (Lipinski definition) is 4. The van der Waals surface area contributed by atoms with Gasteiger partial charge in [-0.15, -0.1) is 24.0 Å². The average molecular weight is 468 g/mol. The molecule has 0 saturated heterocycles. The molecule has 0 radical (unpaired) electrons. The van der Waals surface area contributed by atoms with Crippen molar-refractivity contribution >= 4 is 41.8 Å². The smallest absolute Gasteiger partial charge is 0.261 e. The fourth-order valence-corrected chi connectivity index (χ4v) is 2.63. The minimum absolute atomic E-state index is 0. The molecule has 2 N–H and O–H groups in total. The Morgan fingerprint density at radius 2 is 1.77 bits per heavy atom. The van der Waals surface area contributed by atoms with Crippen LogP contribution in [0.1, 0.15) is 33.4 Å². The number of nitrogens with one attached hydrogen (secondary N) is 2. The first-order chi connectivity index (χ1) is 12.2. The van der Waals surface area contributed by atoms with E-state index in [9.17, 15) is 9.59 Å². The van der Waals surface area contributed by atoms with E-state index in [1.54, 1.807) is 30.5 Å². The van der Waals surface area contributed by atoms with Crippen molar-refractivity contribution < 1.29 is 14.0 Å². The summed E-state index contributed by atoms with van der Waals surface area (Å²) in [5, 5.41) is 6.25. The van der Waals surface area contributed by atoms with Gasteiger partial charge in [-0.05, 0) is 31.2 Å². The standard InChI is InChI=1S/C18H20N4O3.HI/c1-2-19-18(21-12-13-6-5-11-25-13)20-9-10-22-16(23)14-7-3-4-8-15(14)17(22)24;/h3-8,11H,2,9-10,12H2,1H3,(H2,19,20,21);1H. The van der Waals surface area contributed by atoms with Crippen LogP contribution in [0.3, 0.4) is 0 Å². The molecule has 2 amide bonds. The Kier molecular flexibility index (Phi) is 7.19. The van der Waals surface area contributed by atoms with Gasteiger partial charge in [-0.2, -0.15) is 0 Å². The number of benzene rings is 1. The Morgan fingerprint density at radius 1 is 1.08 bits per heavy atom. The molecule has 1 aromatic carbocycles. The number of carbonyl (C=O) groups is 2. The van der Waals surface area contributed by atoms with Crippen molar-refractivity contribution in [3.05, 3.63) is 59.5 Å². The molecule has 1 aliphatic heterocycles. The van der Waals surface area contributed by atoms with Crippen LogP contribution < -0.4 is 10.6 Å². The Balaban J connectivity index is 0.00000243. The lowest BCUT2D eigenvalue weighted by molar-refractivity contribution is 0.0657. The van der Waals surface area contributed by atoms with Crippen molar-refractivity contribution in [2.24, 2.45) is 4.99 Å². The topological polar surface area (TPSA) is 86.9 Å². The number of aliphatic imine (C=N–C) groups is 1. The van der Waals surface area contributed by atoms with E-state index in [2.05, 4.69) is 15.6 Å². The van der Waals surface area contributed by atoms with E-state index in [-0.39, 0.29) is 42.3 Å². The van der Waals surface area contributed by atoms with Gasteiger partial charge in [0.1, 0.15) is 12.3 Å². The van der Waals surface area contributed by atoms with Gasteiger partial charge in [-0.1, -0.05) is 12.1 Å². The molecule has 0 fully saturated rings. The molecule has 8 heteroatoms. The summed E-state index contributed by atoms with van der Waals surface area (Å²) in [7, 11) is 0. The minimum atomic E-state index is -0.250. The highest BCUT2D eigenvalue weighted by molar-refractivity contribution is 14.0. The molecule has 0 atom stereocenters. The molecule has 1 aromatic heterocycles. The molecule has 2 aromatic rings. The van der Waals surface area contributed by atoms with Crippen LogP contribution in [0, 0.1) is 0 Å². The number of amides is 2. The van der Waals surface area contributed by atoms with Gasteiger partial charge in [0.15, 0.2) is 5.96 Å². The summed E-state index contributed by atoms with van der Waals surface area (Å²) >= 11 is 0. The third kappa shape index (κ3) is 4.43. The third-order valence-corrected chi connectivity index (χ3v) is 3.82. The zero-order valence-corrected chi connectivity index (χ0v) is 16.7. The highest BCUT2D eigenvalue weighted by atomic mass is 127. The van der Waals surface area contributed by atoms with E-state index < -0.39 is 0 Å². The number of nitrogens with zero attached hydrogens (tertiary/aromatic N) is 2. The first-order valence-corrected chi connectivity index (χ1v) is 8.20. The zero-order valence-electron chi connectivity index (χ0n) is 14.4. The van der Waals surface area contributed by atoms with Gasteiger partial charge in [0.25, 0.3) is 11.8 Å². The number of rotatable bonds is 6. The van der Waals surface area contributed by atoms with Crippen molar-refractivity contribution in [1.29, 1.82) is 0 Å². The van der Waals surface area contributed by atoms with E-state index in [4.69, 9.17) is 4.42 Å². The van der Waals surface area contributed by atoms with Crippen molar-refractivity contribution in [1.82, 2.24) is 15.5 Å². The maximum atomic E-state index is 12.3. The van der Waals surface area contributed by atoms with Gasteiger partial charge >= 0.3 is 0 Å². The number of hydrogen-bond donors (Lipinski definition) is 2. The van der Waals surface area contributed by atoms with Crippen molar-refractivity contribution in [2.45, 2.75) is 13.5 Å². The molecule has 26 heavy (non-hydrogen) atoms. The molecule has 0 unspecified atom stereocenters. The zero-order chi connectivity index (χ0) is 17.6. The lowest BCUT2D eigenvalue weighted by Gasteiger charge is -2.16. The van der Waals surface area contributed by atoms with Crippen LogP contribution in [-0.2, 0) is 6.54 Å². The number of fused-ring (bicyclic) bond motifs is 1. The van der Waals surface area contributed by atoms with E-state index in [0.717, 1.165) is 5.76 Å². The van der Waals surface area contributed by atoms with Gasteiger partial charge in [0.05, 0.1) is 17.4 Å². The number of halogens is 1. The molecule has 0 bridgehead atoms. The van der Waals surface area contributed by atoms with Crippen LogP contribution in [0.25, 0.3) is 0 Å². The summed E-state index contributed by atoms with van der Waals surface area (Å²) in [6.07, 6.45) is 1.60. The van der Waals surface area contributed by atoms with Crippen molar-refractivity contribution in [3.8, 4) is 0 Å². The molecule has 0 saturated carbocycles. The van der Waals surface area contributed by atoms with E-state index in [0.29, 0.717) is 36.7 Å². The Hall–Kier alpha value is -2.36. The molecule has 2 heterocycles. The molecule has 3 rings (SSSR count). The maximum Gasteiger partial charge on any atom is 0.261 e. The van der Waals surface area contributed by atoms with Gasteiger partial charge in [0.2, 0.25) is 0 Å². The fraction of sp³-hybridized carbons (Fsp3) is 0.278. The number of imide groups is 1. The van der Waals surface area contributed by atoms with Gasteiger partial charge in [-0.3, -0.25) is 14.5 Å². The summed E-state index contributed by atoms with van der Waals surface area (Å²) < 4.78 is 5.25. The molecule has 1 aliphatic rings. The second kappa shape index (κ2) is 9.37. The summed E-state index contributed by atoms with van der Waals surface area (Å²) in [5.41, 5.74) is 0.928. The monoisotopic (exact) mass is 468 g/mol. The lowest BCUT2D eigenvalue weighted by atomic mass is 10.1. The normalized spacial score (nSPS) is 13.4. The second-order valence-electron chi connectivity index (χ2n) is 5.51. The number of guanidine groups is 1. The van der Waals surface area contributed by atoms with E-state index >= 15 is 0 Å². The number of furan rings is 1. The largest absolute Gasteiger partial charge is 0.467 e. The van der Waals surface area contributed by atoms with Crippen LogP contribution in [0.2, 0.25) is 0 Å². The van der Waals surface area contributed by atoms with Crippen LogP contribution in [0.4, 0.5) is 0 Å². The second-order valence-corrected chi connectivity index (χ2v) is 5.51. The molecule has 0 spiro atoms. The highest BCUT2D eigenvalue weighted by Crippen LogP contribution is 2.21. The highest BCUT2D eigenvalue weighted by Gasteiger charge is 2.34. The van der Waals surface area contributed by atoms with Crippen LogP contribution in [0.5, 0.6) is 0 Å². The summed E-state index contributed by atoms with van der Waals surface area (Å²) in [5.74, 6) is 0.868. The third-order valence-electron chi connectivity index (χ3n) is 3.82. The van der Waals surface area contributed by atoms with Crippen LogP contribution >= 0.6 is 24.0 Å². The Bertz CT molecular complexity index is 754. The minimum Gasteiger partial charge on any atom is -0.467 e. The predicted octanol–water partition coefficient (Wildman–Crippen LogP) is 2.25. The maximum absolute atomic E-state index is 12.3. The first-order valence-electron chi connectivity index (χ1n) is 8.20. The Morgan fingerprint density at radius 3 is 2.35 bits per heavy atom. The van der Waals surface area contributed by atoms with Crippen LogP contribution in [0.15, 0.2) is 52.1 Å². The van der Waals surface area contributed by atoms with Crippen LogP contribution in [-0.4, -0.2) is 42.3 Å². The lowest BCUT2D eigenvalue weighted by Crippen LogP contribution is -2.43. The van der Waals surface area contributed by atoms with Gasteiger partial charge < -0.3 is 15.1 Å². The van der Waals surface area contributed by atoms with Crippen molar-refractivity contribution in [2.75, 3.05) is 19.6 Å². The quantitative estimate of drug-likeness (QED) is 0.294. The first kappa shape index (κ1) is 20.0. The summed E-state index contributed by atoms with van der Waals surface area (Å²) in [6.45, 7) is 3.77. The molecular weight excluding hydrogens is 447 g/mol. The summed E-state index contributed by atoms with van der Waals surface area (Å²) in [4.78, 5) is 30.3. The molecule has 7 nitrogen and oxygen atoms in total. The molecular formula is C18H21IN4O3. The summed E-state index contributed by atoms with van der Waals surface area (Å²) in [6, 6.07) is 10.5. The molecule has 0 aliphatic carbocycles. The van der Waals surface area contributed by atoms with Crippen molar-refractivity contribution in [3.63, 3.8) is 0 Å². The van der Waals surface area contributed by atoms with Gasteiger partial charge in [0, 0.05) is 19.6 Å². The molecule has 138 valence electrons. The predicted molar refractivity (Wildman–Crippen MR) is 109 cm³/mol. The Labute approximate surface area is 168 Å². The number of carbonyl (C=O) groups excluding carboxylic acids is 2. The van der Waals surface area contributed by atoms with E-state index in [1.165, 1.54) is 4.90 Å². The SMILES string of the molecule is CCNC(=NCc1ccco1)NCCN1C(=O)c2ccccc2C1=O.I.